The molecule has 1 aromatic heterocycles. The van der Waals surface area contributed by atoms with E-state index in [0.29, 0.717) is 25.8 Å². The highest BCUT2D eigenvalue weighted by Gasteiger charge is 2.31. The third kappa shape index (κ3) is 4.00. The first-order valence-electron chi connectivity index (χ1n) is 7.15. The van der Waals surface area contributed by atoms with Crippen molar-refractivity contribution in [3.8, 4) is 0 Å². The van der Waals surface area contributed by atoms with Gasteiger partial charge in [-0.3, -0.25) is 0 Å². The Morgan fingerprint density at radius 3 is 2.76 bits per heavy atom. The third-order valence-electron chi connectivity index (χ3n) is 3.58. The van der Waals surface area contributed by atoms with Gasteiger partial charge in [0, 0.05) is 32.4 Å². The van der Waals surface area contributed by atoms with Crippen LogP contribution >= 0.6 is 0 Å². The Balaban J connectivity index is 2.09. The second-order valence-electron chi connectivity index (χ2n) is 5.58. The molecule has 1 unspecified atom stereocenters. The fourth-order valence-corrected chi connectivity index (χ4v) is 3.42. The van der Waals surface area contributed by atoms with Gasteiger partial charge in [0.05, 0.1) is 12.6 Å². The summed E-state index contributed by atoms with van der Waals surface area (Å²) < 4.78 is 31.6. The molecule has 2 heterocycles. The number of aromatic nitrogens is 1. The number of sulfonamides is 1. The standard InChI is InChI=1S/C14H23N3O3S/c1-11(2)15-8-12-4-5-14(16-9-12)21(18,19)17(3)13-6-7-20-10-13/h4-5,9,11,13,15H,6-8,10H2,1-3H3. The summed E-state index contributed by atoms with van der Waals surface area (Å²) in [5, 5.41) is 3.36. The highest BCUT2D eigenvalue weighted by atomic mass is 32.2. The molecule has 2 rings (SSSR count). The molecular weight excluding hydrogens is 290 g/mol. The lowest BCUT2D eigenvalue weighted by Gasteiger charge is -2.22. The molecule has 7 heteroatoms. The van der Waals surface area contributed by atoms with Crippen molar-refractivity contribution in [2.75, 3.05) is 20.3 Å². The van der Waals surface area contributed by atoms with Gasteiger partial charge >= 0.3 is 0 Å². The molecule has 1 aliphatic rings. The van der Waals surface area contributed by atoms with Crippen LogP contribution in [0.15, 0.2) is 23.4 Å². The van der Waals surface area contributed by atoms with Crippen LogP contribution in [0, 0.1) is 0 Å². The molecule has 0 bridgehead atoms. The maximum absolute atomic E-state index is 12.5. The molecule has 0 aliphatic carbocycles. The van der Waals surface area contributed by atoms with Crippen LogP contribution in [0.3, 0.4) is 0 Å². The normalized spacial score (nSPS) is 19.6. The molecular formula is C14H23N3O3S. The highest BCUT2D eigenvalue weighted by molar-refractivity contribution is 7.89. The van der Waals surface area contributed by atoms with Crippen LogP contribution in [0.1, 0.15) is 25.8 Å². The van der Waals surface area contributed by atoms with Gasteiger partial charge in [0.1, 0.15) is 0 Å². The zero-order chi connectivity index (χ0) is 15.5. The largest absolute Gasteiger partial charge is 0.380 e. The average Bonchev–Trinajstić information content (AvgIpc) is 2.98. The van der Waals surface area contributed by atoms with Crippen LogP contribution in [0.4, 0.5) is 0 Å². The predicted octanol–water partition coefficient (Wildman–Crippen LogP) is 0.989. The van der Waals surface area contributed by atoms with E-state index in [2.05, 4.69) is 24.1 Å². The van der Waals surface area contributed by atoms with Crippen LogP contribution in [-0.4, -0.2) is 50.1 Å². The summed E-state index contributed by atoms with van der Waals surface area (Å²) in [5.41, 5.74) is 0.967. The number of pyridine rings is 1. The first-order valence-corrected chi connectivity index (χ1v) is 8.59. The Morgan fingerprint density at radius 1 is 1.48 bits per heavy atom. The SMILES string of the molecule is CC(C)NCc1ccc(S(=O)(=O)N(C)C2CCOC2)nc1. The lowest BCUT2D eigenvalue weighted by atomic mass is 10.2. The van der Waals surface area contributed by atoms with Crippen molar-refractivity contribution in [1.29, 1.82) is 0 Å². The smallest absolute Gasteiger partial charge is 0.260 e. The van der Waals surface area contributed by atoms with Crippen LogP contribution in [0.2, 0.25) is 0 Å². The zero-order valence-corrected chi connectivity index (χ0v) is 13.6. The molecule has 0 spiro atoms. The van der Waals surface area contributed by atoms with Crippen molar-refractivity contribution >= 4 is 10.0 Å². The lowest BCUT2D eigenvalue weighted by molar-refractivity contribution is 0.180. The van der Waals surface area contributed by atoms with E-state index in [0.717, 1.165) is 12.0 Å². The van der Waals surface area contributed by atoms with E-state index in [9.17, 15) is 8.42 Å². The quantitative estimate of drug-likeness (QED) is 0.848. The lowest BCUT2D eigenvalue weighted by Crippen LogP contribution is -2.37. The molecule has 1 saturated heterocycles. The number of ether oxygens (including phenoxy) is 1. The third-order valence-corrected chi connectivity index (χ3v) is 5.40. The number of likely N-dealkylation sites (N-methyl/N-ethyl adjacent to an activating group) is 1. The minimum absolute atomic E-state index is 0.0881. The summed E-state index contributed by atoms with van der Waals surface area (Å²) >= 11 is 0. The van der Waals surface area contributed by atoms with Crippen molar-refractivity contribution in [2.45, 2.75) is 43.9 Å². The number of hydrogen-bond acceptors (Lipinski definition) is 5. The molecule has 6 nitrogen and oxygen atoms in total. The van der Waals surface area contributed by atoms with E-state index in [1.54, 1.807) is 25.4 Å². The summed E-state index contributed by atoms with van der Waals surface area (Å²) in [4.78, 5) is 4.11. The first kappa shape index (κ1) is 16.4. The first-order chi connectivity index (χ1) is 9.91. The minimum atomic E-state index is -3.55. The van der Waals surface area contributed by atoms with E-state index in [4.69, 9.17) is 4.74 Å². The Bertz CT molecular complexity index is 551. The highest BCUT2D eigenvalue weighted by Crippen LogP contribution is 2.19. The Labute approximate surface area is 126 Å². The second kappa shape index (κ2) is 6.83. The van der Waals surface area contributed by atoms with Gasteiger partial charge < -0.3 is 10.1 Å². The van der Waals surface area contributed by atoms with E-state index in [1.165, 1.54) is 4.31 Å². The van der Waals surface area contributed by atoms with Crippen molar-refractivity contribution in [1.82, 2.24) is 14.6 Å². The zero-order valence-electron chi connectivity index (χ0n) is 12.7. The van der Waals surface area contributed by atoms with Crippen molar-refractivity contribution < 1.29 is 13.2 Å². The van der Waals surface area contributed by atoms with Crippen molar-refractivity contribution in [3.63, 3.8) is 0 Å². The van der Waals surface area contributed by atoms with Crippen molar-refractivity contribution in [2.24, 2.45) is 0 Å². The summed E-state index contributed by atoms with van der Waals surface area (Å²) in [5.74, 6) is 0. The topological polar surface area (TPSA) is 71.5 Å². The van der Waals surface area contributed by atoms with Crippen LogP contribution in [-0.2, 0) is 21.3 Å². The molecule has 0 amide bonds. The van der Waals surface area contributed by atoms with Gasteiger partial charge in [-0.15, -0.1) is 0 Å². The molecule has 1 aliphatic heterocycles. The second-order valence-corrected chi connectivity index (χ2v) is 7.52. The van der Waals surface area contributed by atoms with Crippen LogP contribution in [0.25, 0.3) is 0 Å². The maximum Gasteiger partial charge on any atom is 0.260 e. The van der Waals surface area contributed by atoms with Gasteiger partial charge in [0.25, 0.3) is 10.0 Å². The van der Waals surface area contributed by atoms with Crippen LogP contribution < -0.4 is 5.32 Å². The van der Waals surface area contributed by atoms with Gasteiger partial charge in [-0.25, -0.2) is 13.4 Å². The number of rotatable bonds is 6. The molecule has 1 atom stereocenters. The summed E-state index contributed by atoms with van der Waals surface area (Å²) in [6, 6.07) is 3.65. The molecule has 0 radical (unpaired) electrons. The van der Waals surface area contributed by atoms with E-state index < -0.39 is 10.0 Å². The van der Waals surface area contributed by atoms with Crippen molar-refractivity contribution in [3.05, 3.63) is 23.9 Å². The number of hydrogen-bond donors (Lipinski definition) is 1. The molecule has 21 heavy (non-hydrogen) atoms. The van der Waals surface area contributed by atoms with Gasteiger partial charge in [0.2, 0.25) is 0 Å². The fourth-order valence-electron chi connectivity index (χ4n) is 2.14. The maximum atomic E-state index is 12.5. The number of nitrogens with one attached hydrogen (secondary N) is 1. The minimum Gasteiger partial charge on any atom is -0.380 e. The predicted molar refractivity (Wildman–Crippen MR) is 80.4 cm³/mol. The summed E-state index contributed by atoms with van der Waals surface area (Å²) in [6.07, 6.45) is 2.34. The Morgan fingerprint density at radius 2 is 2.24 bits per heavy atom. The summed E-state index contributed by atoms with van der Waals surface area (Å²) in [6.45, 7) is 5.86. The van der Waals surface area contributed by atoms with Gasteiger partial charge in [-0.05, 0) is 18.1 Å². The Hall–Kier alpha value is -1.02. The Kier molecular flexibility index (Phi) is 5.32. The van der Waals surface area contributed by atoms with Gasteiger partial charge in [-0.2, -0.15) is 4.31 Å². The monoisotopic (exact) mass is 313 g/mol. The number of nitrogens with zero attached hydrogens (tertiary/aromatic N) is 2. The molecule has 1 N–H and O–H groups in total. The molecule has 0 saturated carbocycles. The average molecular weight is 313 g/mol. The van der Waals surface area contributed by atoms with E-state index >= 15 is 0 Å². The van der Waals surface area contributed by atoms with E-state index in [-0.39, 0.29) is 11.1 Å². The van der Waals surface area contributed by atoms with Crippen LogP contribution in [0.5, 0.6) is 0 Å². The molecule has 118 valence electrons. The van der Waals surface area contributed by atoms with Gasteiger partial charge in [0.15, 0.2) is 5.03 Å². The van der Waals surface area contributed by atoms with E-state index in [1.807, 2.05) is 0 Å². The molecule has 1 fully saturated rings. The van der Waals surface area contributed by atoms with Gasteiger partial charge in [-0.1, -0.05) is 19.9 Å². The summed E-state index contributed by atoms with van der Waals surface area (Å²) in [7, 11) is -1.96. The molecule has 0 aromatic carbocycles. The fraction of sp³-hybridized carbons (Fsp3) is 0.643. The molecule has 1 aromatic rings.